The first-order valence-electron chi connectivity index (χ1n) is 7.85. The van der Waals surface area contributed by atoms with Gasteiger partial charge in [-0.1, -0.05) is 5.16 Å². The Bertz CT molecular complexity index is 787. The summed E-state index contributed by atoms with van der Waals surface area (Å²) in [4.78, 5) is 4.36. The van der Waals surface area contributed by atoms with Crippen molar-refractivity contribution in [2.45, 2.75) is 6.42 Å². The van der Waals surface area contributed by atoms with Crippen LogP contribution in [-0.4, -0.2) is 47.7 Å². The summed E-state index contributed by atoms with van der Waals surface area (Å²) in [5.74, 6) is 2.27. The smallest absolute Gasteiger partial charge is 0.278 e. The van der Waals surface area contributed by atoms with Crippen LogP contribution in [0.1, 0.15) is 6.42 Å². The van der Waals surface area contributed by atoms with E-state index in [2.05, 4.69) is 25.7 Å². The minimum absolute atomic E-state index is 0.323. The SMILES string of the molecule is COCCCNc1ccc(-c2nc(-c3ccc(OC)cc3)no2)nn1. The Balaban J connectivity index is 1.67. The van der Waals surface area contributed by atoms with E-state index in [4.69, 9.17) is 14.0 Å². The van der Waals surface area contributed by atoms with Gasteiger partial charge in [-0.15, -0.1) is 10.2 Å². The number of anilines is 1. The number of rotatable bonds is 8. The lowest BCUT2D eigenvalue weighted by Gasteiger charge is -2.03. The summed E-state index contributed by atoms with van der Waals surface area (Å²) in [5, 5.41) is 15.4. The van der Waals surface area contributed by atoms with Crippen molar-refractivity contribution >= 4 is 5.82 Å². The third-order valence-corrected chi connectivity index (χ3v) is 3.49. The molecule has 0 fully saturated rings. The third-order valence-electron chi connectivity index (χ3n) is 3.49. The first-order chi connectivity index (χ1) is 12.3. The van der Waals surface area contributed by atoms with Gasteiger partial charge in [-0.3, -0.25) is 0 Å². The second-order valence-electron chi connectivity index (χ2n) is 5.23. The van der Waals surface area contributed by atoms with Crippen molar-refractivity contribution in [3.63, 3.8) is 0 Å². The first kappa shape index (κ1) is 16.8. The second-order valence-corrected chi connectivity index (χ2v) is 5.23. The molecule has 8 heteroatoms. The highest BCUT2D eigenvalue weighted by Gasteiger charge is 2.12. The van der Waals surface area contributed by atoms with E-state index in [1.165, 1.54) is 0 Å². The summed E-state index contributed by atoms with van der Waals surface area (Å²) in [6.45, 7) is 1.47. The molecule has 25 heavy (non-hydrogen) atoms. The van der Waals surface area contributed by atoms with Crippen LogP contribution < -0.4 is 10.1 Å². The number of nitrogens with one attached hydrogen (secondary N) is 1. The molecule has 3 rings (SSSR count). The molecule has 2 aromatic heterocycles. The van der Waals surface area contributed by atoms with Gasteiger partial charge in [0.05, 0.1) is 7.11 Å². The van der Waals surface area contributed by atoms with E-state index in [0.717, 1.165) is 24.3 Å². The lowest BCUT2D eigenvalue weighted by Crippen LogP contribution is -2.06. The van der Waals surface area contributed by atoms with Crippen LogP contribution in [0.5, 0.6) is 5.75 Å². The quantitative estimate of drug-likeness (QED) is 0.625. The molecule has 0 saturated carbocycles. The topological polar surface area (TPSA) is 95.2 Å². The van der Waals surface area contributed by atoms with E-state index in [-0.39, 0.29) is 0 Å². The molecule has 0 spiro atoms. The fourth-order valence-corrected chi connectivity index (χ4v) is 2.16. The van der Waals surface area contributed by atoms with Gasteiger partial charge >= 0.3 is 0 Å². The number of aromatic nitrogens is 4. The molecule has 0 unspecified atom stereocenters. The molecule has 0 radical (unpaired) electrons. The highest BCUT2D eigenvalue weighted by Crippen LogP contribution is 2.22. The van der Waals surface area contributed by atoms with E-state index >= 15 is 0 Å². The summed E-state index contributed by atoms with van der Waals surface area (Å²) in [7, 11) is 3.30. The maximum atomic E-state index is 5.28. The standard InChI is InChI=1S/C17H19N5O3/c1-23-11-3-10-18-15-9-8-14(20-21-15)17-19-16(22-25-17)12-4-6-13(24-2)7-5-12/h4-9H,3,10-11H2,1-2H3,(H,18,21). The maximum Gasteiger partial charge on any atom is 0.278 e. The maximum absolute atomic E-state index is 5.28. The molecule has 0 aliphatic heterocycles. The number of ether oxygens (including phenoxy) is 2. The van der Waals surface area contributed by atoms with Crippen LogP contribution in [-0.2, 0) is 4.74 Å². The number of hydrogen-bond donors (Lipinski definition) is 1. The minimum atomic E-state index is 0.323. The van der Waals surface area contributed by atoms with E-state index in [1.54, 1.807) is 20.3 Å². The summed E-state index contributed by atoms with van der Waals surface area (Å²) < 4.78 is 15.4. The van der Waals surface area contributed by atoms with Crippen LogP contribution in [0.3, 0.4) is 0 Å². The third kappa shape index (κ3) is 4.30. The molecule has 8 nitrogen and oxygen atoms in total. The van der Waals surface area contributed by atoms with Crippen molar-refractivity contribution in [3.05, 3.63) is 36.4 Å². The highest BCUT2D eigenvalue weighted by molar-refractivity contribution is 5.59. The number of benzene rings is 1. The van der Waals surface area contributed by atoms with Crippen LogP contribution in [0.25, 0.3) is 23.0 Å². The Kier molecular flexibility index (Phi) is 5.53. The van der Waals surface area contributed by atoms with Crippen molar-refractivity contribution in [2.24, 2.45) is 0 Å². The Labute approximate surface area is 145 Å². The van der Waals surface area contributed by atoms with Gasteiger partial charge in [-0.25, -0.2) is 0 Å². The van der Waals surface area contributed by atoms with E-state index < -0.39 is 0 Å². The molecule has 0 atom stereocenters. The Morgan fingerprint density at radius 3 is 2.56 bits per heavy atom. The van der Waals surface area contributed by atoms with Crippen LogP contribution in [0, 0.1) is 0 Å². The van der Waals surface area contributed by atoms with E-state index in [1.807, 2.05) is 30.3 Å². The Morgan fingerprint density at radius 2 is 1.88 bits per heavy atom. The van der Waals surface area contributed by atoms with Gasteiger partial charge in [0.25, 0.3) is 5.89 Å². The highest BCUT2D eigenvalue weighted by atomic mass is 16.5. The summed E-state index contributed by atoms with van der Waals surface area (Å²) in [6, 6.07) is 11.0. The van der Waals surface area contributed by atoms with Crippen LogP contribution >= 0.6 is 0 Å². The van der Waals surface area contributed by atoms with Crippen molar-refractivity contribution in [3.8, 4) is 28.7 Å². The monoisotopic (exact) mass is 341 g/mol. The number of nitrogens with zero attached hydrogens (tertiary/aromatic N) is 4. The number of methoxy groups -OCH3 is 2. The summed E-state index contributed by atoms with van der Waals surface area (Å²) in [6.07, 6.45) is 0.898. The average molecular weight is 341 g/mol. The van der Waals surface area contributed by atoms with E-state index in [9.17, 15) is 0 Å². The number of hydrogen-bond acceptors (Lipinski definition) is 8. The van der Waals surface area contributed by atoms with Crippen LogP contribution in [0.2, 0.25) is 0 Å². The van der Waals surface area contributed by atoms with Gasteiger partial charge < -0.3 is 19.3 Å². The lowest BCUT2D eigenvalue weighted by molar-refractivity contribution is 0.197. The van der Waals surface area contributed by atoms with Gasteiger partial charge in [0.1, 0.15) is 11.6 Å². The van der Waals surface area contributed by atoms with Crippen LogP contribution in [0.4, 0.5) is 5.82 Å². The molecular formula is C17H19N5O3. The molecule has 0 aliphatic rings. The zero-order valence-electron chi connectivity index (χ0n) is 14.1. The molecule has 0 bridgehead atoms. The minimum Gasteiger partial charge on any atom is -0.497 e. The Hall–Kier alpha value is -3.00. The van der Waals surface area contributed by atoms with Crippen molar-refractivity contribution in [1.82, 2.24) is 20.3 Å². The lowest BCUT2D eigenvalue weighted by atomic mass is 10.2. The molecule has 3 aromatic rings. The predicted molar refractivity (Wildman–Crippen MR) is 92.3 cm³/mol. The van der Waals surface area contributed by atoms with Crippen molar-refractivity contribution in [2.75, 3.05) is 32.7 Å². The van der Waals surface area contributed by atoms with Crippen LogP contribution in [0.15, 0.2) is 40.9 Å². The molecule has 1 N–H and O–H groups in total. The van der Waals surface area contributed by atoms with Crippen molar-refractivity contribution in [1.29, 1.82) is 0 Å². The van der Waals surface area contributed by atoms with E-state index in [0.29, 0.717) is 29.8 Å². The molecule has 0 aliphatic carbocycles. The zero-order valence-corrected chi connectivity index (χ0v) is 14.1. The fraction of sp³-hybridized carbons (Fsp3) is 0.294. The van der Waals surface area contributed by atoms with Gasteiger partial charge in [0, 0.05) is 25.8 Å². The Morgan fingerprint density at radius 1 is 1.04 bits per heavy atom. The molecule has 0 saturated heterocycles. The molecule has 2 heterocycles. The van der Waals surface area contributed by atoms with Gasteiger partial charge in [-0.05, 0) is 42.8 Å². The molecule has 0 amide bonds. The first-order valence-corrected chi connectivity index (χ1v) is 7.85. The zero-order chi connectivity index (χ0) is 17.5. The normalized spacial score (nSPS) is 10.6. The average Bonchev–Trinajstić information content (AvgIpc) is 3.16. The molecule has 1 aromatic carbocycles. The van der Waals surface area contributed by atoms with Gasteiger partial charge in [-0.2, -0.15) is 4.98 Å². The molecular weight excluding hydrogens is 322 g/mol. The summed E-state index contributed by atoms with van der Waals surface area (Å²) >= 11 is 0. The largest absolute Gasteiger partial charge is 0.497 e. The second kappa shape index (κ2) is 8.20. The van der Waals surface area contributed by atoms with Crippen molar-refractivity contribution < 1.29 is 14.0 Å². The summed E-state index contributed by atoms with van der Waals surface area (Å²) in [5.41, 5.74) is 1.36. The van der Waals surface area contributed by atoms with Gasteiger partial charge in [0.15, 0.2) is 5.69 Å². The fourth-order valence-electron chi connectivity index (χ4n) is 2.16. The van der Waals surface area contributed by atoms with Gasteiger partial charge in [0.2, 0.25) is 5.82 Å². The molecule has 130 valence electrons. The predicted octanol–water partition coefficient (Wildman–Crippen LogP) is 2.65.